The second-order valence-corrected chi connectivity index (χ2v) is 6.32. The Kier molecular flexibility index (Phi) is 7.89. The molecule has 0 bridgehead atoms. The topological polar surface area (TPSA) is 69.2 Å². The molecule has 6 nitrogen and oxygen atoms in total. The van der Waals surface area contributed by atoms with Gasteiger partial charge in [0.15, 0.2) is 0 Å². The van der Waals surface area contributed by atoms with Crippen LogP contribution in [0.15, 0.2) is 54.2 Å². The maximum atomic E-state index is 11.5. The van der Waals surface area contributed by atoms with E-state index in [4.69, 9.17) is 21.2 Å². The molecule has 0 aliphatic rings. The third kappa shape index (κ3) is 5.76. The van der Waals surface area contributed by atoms with Crippen molar-refractivity contribution in [1.82, 2.24) is 0 Å². The van der Waals surface area contributed by atoms with Crippen molar-refractivity contribution in [3.05, 3.63) is 70.8 Å². The number of benzene rings is 2. The van der Waals surface area contributed by atoms with Crippen LogP contribution in [0.5, 0.6) is 5.75 Å². The fourth-order valence-corrected chi connectivity index (χ4v) is 2.64. The average Bonchev–Trinajstić information content (AvgIpc) is 2.68. The number of nitrogens with one attached hydrogen (secondary N) is 1. The lowest BCUT2D eigenvalue weighted by molar-refractivity contribution is 0.175. The number of ether oxygens (including phenoxy) is 2. The number of hydrogen-bond donors (Lipinski definition) is 1. The lowest BCUT2D eigenvalue weighted by Gasteiger charge is -2.15. The highest BCUT2D eigenvalue weighted by atomic mass is 35.5. The predicted molar refractivity (Wildman–Crippen MR) is 111 cm³/mol. The number of carbonyl (C=O) groups is 1. The third-order valence-corrected chi connectivity index (χ3v) is 4.25. The molecule has 148 valence electrons. The molecule has 0 saturated heterocycles. The number of amides is 1. The first kappa shape index (κ1) is 21.3. The number of rotatable bonds is 8. The molecular weight excluding hydrogens is 380 g/mol. The fraction of sp³-hybridized carbons (Fsp3) is 0.238. The molecule has 0 aromatic heterocycles. The summed E-state index contributed by atoms with van der Waals surface area (Å²) >= 11 is 6.28. The lowest BCUT2D eigenvalue weighted by atomic mass is 10.1. The highest BCUT2D eigenvalue weighted by molar-refractivity contribution is 6.31. The van der Waals surface area contributed by atoms with Crippen molar-refractivity contribution in [2.24, 2.45) is 5.16 Å². The smallest absolute Gasteiger partial charge is 0.411 e. The molecule has 1 amide bonds. The van der Waals surface area contributed by atoms with Gasteiger partial charge in [0.2, 0.25) is 0 Å². The molecule has 0 unspecified atom stereocenters. The number of hydrogen-bond acceptors (Lipinski definition) is 5. The van der Waals surface area contributed by atoms with Gasteiger partial charge in [0.05, 0.1) is 18.5 Å². The maximum Gasteiger partial charge on any atom is 0.411 e. The molecule has 0 atom stereocenters. The molecule has 0 radical (unpaired) electrons. The van der Waals surface area contributed by atoms with Crippen LogP contribution in [-0.2, 0) is 16.2 Å². The molecule has 0 saturated carbocycles. The fourth-order valence-electron chi connectivity index (χ4n) is 2.41. The van der Waals surface area contributed by atoms with Crippen LogP contribution >= 0.6 is 11.6 Å². The van der Waals surface area contributed by atoms with E-state index in [0.717, 1.165) is 16.8 Å². The van der Waals surface area contributed by atoms with E-state index in [1.807, 2.05) is 32.0 Å². The Bertz CT molecular complexity index is 881. The first-order valence-electron chi connectivity index (χ1n) is 8.60. The van der Waals surface area contributed by atoms with Crippen molar-refractivity contribution in [1.29, 1.82) is 0 Å². The second-order valence-electron chi connectivity index (χ2n) is 5.91. The number of halogens is 1. The quantitative estimate of drug-likeness (QED) is 0.280. The highest BCUT2D eigenvalue weighted by Crippen LogP contribution is 2.28. The van der Waals surface area contributed by atoms with Crippen LogP contribution in [0.25, 0.3) is 0 Å². The van der Waals surface area contributed by atoms with Gasteiger partial charge in [-0.3, -0.25) is 5.32 Å². The maximum absolute atomic E-state index is 11.5. The summed E-state index contributed by atoms with van der Waals surface area (Å²) in [5.74, 6) is 0.701. The molecule has 0 aliphatic carbocycles. The van der Waals surface area contributed by atoms with Gasteiger partial charge < -0.3 is 14.3 Å². The lowest BCUT2D eigenvalue weighted by Crippen LogP contribution is -2.13. The van der Waals surface area contributed by atoms with Crippen molar-refractivity contribution in [2.75, 3.05) is 19.0 Å². The summed E-state index contributed by atoms with van der Waals surface area (Å²) in [6.07, 6.45) is 1.06. The van der Waals surface area contributed by atoms with Crippen molar-refractivity contribution >= 4 is 29.1 Å². The minimum absolute atomic E-state index is 0.189. The van der Waals surface area contributed by atoms with E-state index in [-0.39, 0.29) is 6.61 Å². The van der Waals surface area contributed by atoms with Crippen LogP contribution < -0.4 is 10.1 Å². The van der Waals surface area contributed by atoms with E-state index in [1.165, 1.54) is 7.11 Å². The van der Waals surface area contributed by atoms with Gasteiger partial charge in [-0.25, -0.2) is 4.79 Å². The Morgan fingerprint density at radius 2 is 2.11 bits per heavy atom. The Morgan fingerprint density at radius 1 is 1.32 bits per heavy atom. The van der Waals surface area contributed by atoms with E-state index in [1.54, 1.807) is 24.3 Å². The molecule has 2 aromatic carbocycles. The monoisotopic (exact) mass is 402 g/mol. The largest absolute Gasteiger partial charge is 0.488 e. The van der Waals surface area contributed by atoms with Crippen LogP contribution in [-0.4, -0.2) is 25.5 Å². The van der Waals surface area contributed by atoms with Crippen LogP contribution in [0.3, 0.4) is 0 Å². The Morgan fingerprint density at radius 3 is 2.79 bits per heavy atom. The van der Waals surface area contributed by atoms with Gasteiger partial charge >= 0.3 is 6.09 Å². The van der Waals surface area contributed by atoms with Crippen molar-refractivity contribution in [2.45, 2.75) is 20.5 Å². The summed E-state index contributed by atoms with van der Waals surface area (Å²) < 4.78 is 10.6. The Labute approximate surface area is 169 Å². The van der Waals surface area contributed by atoms with Crippen LogP contribution in [0.2, 0.25) is 5.02 Å². The minimum atomic E-state index is -0.572. The number of nitrogens with zero attached hydrogens (tertiary/aromatic N) is 1. The van der Waals surface area contributed by atoms with Crippen molar-refractivity contribution in [3.63, 3.8) is 0 Å². The standard InChI is InChI=1S/C21H23ClN2O4/c1-5-11-28-24-15(3)16-9-10-20(14(2)12-16)27-13-17-18(22)7-6-8-19(17)23-21(25)26-4/h5-10,12H,1,11,13H2,2-4H3,(H,23,25). The van der Waals surface area contributed by atoms with Gasteiger partial charge in [-0.05, 0) is 55.3 Å². The number of methoxy groups -OCH3 is 1. The molecule has 0 fully saturated rings. The summed E-state index contributed by atoms with van der Waals surface area (Å²) in [5, 5.41) is 7.17. The summed E-state index contributed by atoms with van der Waals surface area (Å²) in [6.45, 7) is 7.94. The van der Waals surface area contributed by atoms with Crippen LogP contribution in [0.4, 0.5) is 10.5 Å². The first-order valence-corrected chi connectivity index (χ1v) is 8.97. The molecule has 2 aromatic rings. The van der Waals surface area contributed by atoms with Gasteiger partial charge in [-0.2, -0.15) is 0 Å². The van der Waals surface area contributed by atoms with E-state index >= 15 is 0 Å². The zero-order chi connectivity index (χ0) is 20.5. The number of carbonyl (C=O) groups excluding carboxylic acids is 1. The summed E-state index contributed by atoms with van der Waals surface area (Å²) in [7, 11) is 1.30. The second kappa shape index (κ2) is 10.4. The van der Waals surface area contributed by atoms with Gasteiger partial charge in [0.25, 0.3) is 0 Å². The normalized spacial score (nSPS) is 10.9. The van der Waals surface area contributed by atoms with Gasteiger partial charge in [0, 0.05) is 10.6 Å². The van der Waals surface area contributed by atoms with Gasteiger partial charge in [0.1, 0.15) is 19.0 Å². The predicted octanol–water partition coefficient (Wildman–Crippen LogP) is 5.33. The number of aryl methyl sites for hydroxylation is 1. The highest BCUT2D eigenvalue weighted by Gasteiger charge is 2.12. The van der Waals surface area contributed by atoms with Gasteiger partial charge in [-0.15, -0.1) is 0 Å². The molecule has 28 heavy (non-hydrogen) atoms. The zero-order valence-corrected chi connectivity index (χ0v) is 16.9. The Balaban J connectivity index is 2.14. The molecule has 2 rings (SSSR count). The minimum Gasteiger partial charge on any atom is -0.488 e. The first-order chi connectivity index (χ1) is 13.5. The molecule has 0 spiro atoms. The van der Waals surface area contributed by atoms with Crippen LogP contribution in [0, 0.1) is 6.92 Å². The number of oxime groups is 1. The van der Waals surface area contributed by atoms with Crippen LogP contribution in [0.1, 0.15) is 23.6 Å². The van der Waals surface area contributed by atoms with Crippen molar-refractivity contribution < 1.29 is 19.1 Å². The molecule has 7 heteroatoms. The Hall–Kier alpha value is -2.99. The van der Waals surface area contributed by atoms with E-state index in [9.17, 15) is 4.79 Å². The molecule has 1 N–H and O–H groups in total. The number of anilines is 1. The van der Waals surface area contributed by atoms with Crippen molar-refractivity contribution in [3.8, 4) is 5.75 Å². The SMILES string of the molecule is C=CCON=C(C)c1ccc(OCc2c(Cl)cccc2NC(=O)OC)c(C)c1. The average molecular weight is 403 g/mol. The summed E-state index contributed by atoms with van der Waals surface area (Å²) in [4.78, 5) is 16.6. The van der Waals surface area contributed by atoms with Gasteiger partial charge in [-0.1, -0.05) is 35.5 Å². The zero-order valence-electron chi connectivity index (χ0n) is 16.1. The molecule has 0 aliphatic heterocycles. The summed E-state index contributed by atoms with van der Waals surface area (Å²) in [6, 6.07) is 10.9. The van der Waals surface area contributed by atoms with E-state index in [0.29, 0.717) is 28.6 Å². The molecular formula is C21H23ClN2O4. The van der Waals surface area contributed by atoms with E-state index < -0.39 is 6.09 Å². The third-order valence-electron chi connectivity index (χ3n) is 3.90. The van der Waals surface area contributed by atoms with E-state index in [2.05, 4.69) is 21.8 Å². The molecule has 0 heterocycles. The summed E-state index contributed by atoms with van der Waals surface area (Å²) in [5.41, 5.74) is 3.82.